The van der Waals surface area contributed by atoms with Crippen LogP contribution in [0.4, 0.5) is 5.69 Å². The van der Waals surface area contributed by atoms with Gasteiger partial charge in [0, 0.05) is 37.4 Å². The second-order valence-corrected chi connectivity index (χ2v) is 11.3. The highest BCUT2D eigenvalue weighted by atomic mass is 16.5. The molecule has 2 heterocycles. The van der Waals surface area contributed by atoms with Crippen LogP contribution in [0.3, 0.4) is 0 Å². The fourth-order valence-corrected chi connectivity index (χ4v) is 6.97. The van der Waals surface area contributed by atoms with Gasteiger partial charge in [-0.15, -0.1) is 0 Å². The summed E-state index contributed by atoms with van der Waals surface area (Å²) in [5, 5.41) is 3.57. The number of nitrogens with zero attached hydrogens (tertiary/aromatic N) is 2. The molecule has 4 heteroatoms. The molecule has 1 saturated carbocycles. The highest BCUT2D eigenvalue weighted by molar-refractivity contribution is 5.49. The number of nitrogens with one attached hydrogen (secondary N) is 1. The van der Waals surface area contributed by atoms with E-state index in [-0.39, 0.29) is 0 Å². The highest BCUT2D eigenvalue weighted by Gasteiger charge is 2.49. The standard InChI is InChI=1S/C30H43N3O/c1-22(2)27-7-5-6-8-28(27)29-19-24(32(3)23-9-11-26(34-4)12-10-23)13-18-33(29)25-20-30(21-25)14-16-31-17-15-30/h5-12,22,24-25,29,31H,13-21H2,1-4H3. The molecule has 0 aromatic heterocycles. The van der Waals surface area contributed by atoms with Crippen LogP contribution in [-0.4, -0.2) is 50.8 Å². The summed E-state index contributed by atoms with van der Waals surface area (Å²) in [7, 11) is 4.01. The van der Waals surface area contributed by atoms with Gasteiger partial charge in [0.2, 0.25) is 0 Å². The van der Waals surface area contributed by atoms with Crippen molar-refractivity contribution >= 4 is 5.69 Å². The van der Waals surface area contributed by atoms with E-state index in [0.717, 1.165) is 11.8 Å². The zero-order valence-corrected chi connectivity index (χ0v) is 21.6. The van der Waals surface area contributed by atoms with Gasteiger partial charge in [0.1, 0.15) is 5.75 Å². The summed E-state index contributed by atoms with van der Waals surface area (Å²) in [5.41, 5.74) is 5.00. The molecule has 0 amide bonds. The molecule has 34 heavy (non-hydrogen) atoms. The van der Waals surface area contributed by atoms with E-state index < -0.39 is 0 Å². The average Bonchev–Trinajstić information content (AvgIpc) is 2.87. The second-order valence-electron chi connectivity index (χ2n) is 11.3. The molecular weight excluding hydrogens is 418 g/mol. The van der Waals surface area contributed by atoms with Gasteiger partial charge in [-0.1, -0.05) is 38.1 Å². The van der Waals surface area contributed by atoms with Gasteiger partial charge < -0.3 is 15.0 Å². The first-order valence-corrected chi connectivity index (χ1v) is 13.4. The number of ether oxygens (including phenoxy) is 1. The number of methoxy groups -OCH3 is 1. The molecule has 2 aliphatic heterocycles. The van der Waals surface area contributed by atoms with Crippen LogP contribution in [0, 0.1) is 5.41 Å². The van der Waals surface area contributed by atoms with Crippen molar-refractivity contribution in [3.8, 4) is 5.75 Å². The first-order valence-electron chi connectivity index (χ1n) is 13.4. The summed E-state index contributed by atoms with van der Waals surface area (Å²) in [6.07, 6.45) is 7.95. The third kappa shape index (κ3) is 4.59. The Morgan fingerprint density at radius 1 is 1.03 bits per heavy atom. The molecule has 2 saturated heterocycles. The van der Waals surface area contributed by atoms with Gasteiger partial charge in [-0.2, -0.15) is 0 Å². The fraction of sp³-hybridized carbons (Fsp3) is 0.600. The molecular formula is C30H43N3O. The third-order valence-electron chi connectivity index (χ3n) is 9.09. The Kier molecular flexibility index (Phi) is 6.90. The molecule has 0 radical (unpaired) electrons. The van der Waals surface area contributed by atoms with Crippen molar-refractivity contribution in [1.29, 1.82) is 0 Å². The minimum Gasteiger partial charge on any atom is -0.497 e. The molecule has 1 aliphatic carbocycles. The number of rotatable bonds is 6. The Labute approximate surface area is 206 Å². The minimum absolute atomic E-state index is 0.502. The van der Waals surface area contributed by atoms with Gasteiger partial charge in [0.25, 0.3) is 0 Å². The van der Waals surface area contributed by atoms with Crippen LogP contribution in [0.15, 0.2) is 48.5 Å². The quantitative estimate of drug-likeness (QED) is 0.572. The first-order chi connectivity index (χ1) is 16.5. The van der Waals surface area contributed by atoms with Crippen LogP contribution in [-0.2, 0) is 0 Å². The summed E-state index contributed by atoms with van der Waals surface area (Å²) in [6.45, 7) is 8.31. The van der Waals surface area contributed by atoms with E-state index in [1.54, 1.807) is 12.7 Å². The summed E-state index contributed by atoms with van der Waals surface area (Å²) < 4.78 is 5.38. The Morgan fingerprint density at radius 3 is 2.41 bits per heavy atom. The maximum atomic E-state index is 5.38. The van der Waals surface area contributed by atoms with Crippen molar-refractivity contribution in [2.24, 2.45) is 5.41 Å². The van der Waals surface area contributed by atoms with E-state index in [4.69, 9.17) is 4.74 Å². The van der Waals surface area contributed by atoms with Gasteiger partial charge >= 0.3 is 0 Å². The van der Waals surface area contributed by atoms with E-state index in [0.29, 0.717) is 23.4 Å². The lowest BCUT2D eigenvalue weighted by Crippen LogP contribution is -2.58. The van der Waals surface area contributed by atoms with Crippen molar-refractivity contribution in [1.82, 2.24) is 10.2 Å². The van der Waals surface area contributed by atoms with Crippen LogP contribution in [0.25, 0.3) is 0 Å². The van der Waals surface area contributed by atoms with E-state index in [1.807, 2.05) is 0 Å². The number of anilines is 1. The first kappa shape index (κ1) is 23.7. The van der Waals surface area contributed by atoms with Crippen molar-refractivity contribution in [2.45, 2.75) is 76.4 Å². The van der Waals surface area contributed by atoms with Gasteiger partial charge in [-0.05, 0) is 98.3 Å². The molecule has 184 valence electrons. The van der Waals surface area contributed by atoms with Crippen molar-refractivity contribution in [3.05, 3.63) is 59.7 Å². The highest BCUT2D eigenvalue weighted by Crippen LogP contribution is 2.53. The lowest BCUT2D eigenvalue weighted by Gasteiger charge is -2.57. The molecule has 4 nitrogen and oxygen atoms in total. The zero-order valence-electron chi connectivity index (χ0n) is 21.6. The Balaban J connectivity index is 1.38. The van der Waals surface area contributed by atoms with Crippen LogP contribution in [0.5, 0.6) is 5.75 Å². The van der Waals surface area contributed by atoms with Crippen LogP contribution < -0.4 is 15.0 Å². The normalized spacial score (nSPS) is 25.3. The summed E-state index contributed by atoms with van der Waals surface area (Å²) >= 11 is 0. The molecule has 1 N–H and O–H groups in total. The van der Waals surface area contributed by atoms with E-state index >= 15 is 0 Å². The zero-order chi connectivity index (χ0) is 23.7. The SMILES string of the molecule is COc1ccc(N(C)C2CCN(C3CC4(CCNCC4)C3)C(c3ccccc3C(C)C)C2)cc1. The molecule has 3 aliphatic rings. The Morgan fingerprint density at radius 2 is 1.74 bits per heavy atom. The lowest BCUT2D eigenvalue weighted by molar-refractivity contribution is -0.0526. The number of benzene rings is 2. The molecule has 1 spiro atoms. The monoisotopic (exact) mass is 461 g/mol. The number of piperidine rings is 2. The maximum Gasteiger partial charge on any atom is 0.119 e. The largest absolute Gasteiger partial charge is 0.497 e. The summed E-state index contributed by atoms with van der Waals surface area (Å²) in [4.78, 5) is 5.42. The van der Waals surface area contributed by atoms with Crippen LogP contribution in [0.2, 0.25) is 0 Å². The molecule has 5 rings (SSSR count). The minimum atomic E-state index is 0.502. The lowest BCUT2D eigenvalue weighted by atomic mass is 9.59. The molecule has 2 atom stereocenters. The summed E-state index contributed by atoms with van der Waals surface area (Å²) in [6, 6.07) is 19.6. The van der Waals surface area contributed by atoms with Gasteiger partial charge in [0.15, 0.2) is 0 Å². The topological polar surface area (TPSA) is 27.7 Å². The second kappa shape index (κ2) is 9.91. The number of hydrogen-bond donors (Lipinski definition) is 1. The van der Waals surface area contributed by atoms with Gasteiger partial charge in [-0.3, -0.25) is 4.90 Å². The molecule has 0 bridgehead atoms. The Bertz CT molecular complexity index is 942. The van der Waals surface area contributed by atoms with E-state index in [1.165, 1.54) is 69.4 Å². The van der Waals surface area contributed by atoms with Crippen molar-refractivity contribution < 1.29 is 4.74 Å². The third-order valence-corrected chi connectivity index (χ3v) is 9.09. The molecule has 2 unspecified atom stereocenters. The van der Waals surface area contributed by atoms with E-state index in [9.17, 15) is 0 Å². The van der Waals surface area contributed by atoms with E-state index in [2.05, 4.69) is 84.5 Å². The van der Waals surface area contributed by atoms with Gasteiger partial charge in [0.05, 0.1) is 7.11 Å². The van der Waals surface area contributed by atoms with Crippen LogP contribution in [0.1, 0.15) is 75.5 Å². The van der Waals surface area contributed by atoms with Crippen LogP contribution >= 0.6 is 0 Å². The number of likely N-dealkylation sites (tertiary alicyclic amines) is 1. The predicted octanol–water partition coefficient (Wildman–Crippen LogP) is 5.99. The maximum absolute atomic E-state index is 5.38. The Hall–Kier alpha value is -2.04. The fourth-order valence-electron chi connectivity index (χ4n) is 6.97. The average molecular weight is 462 g/mol. The number of hydrogen-bond acceptors (Lipinski definition) is 4. The molecule has 2 aromatic rings. The van der Waals surface area contributed by atoms with Gasteiger partial charge in [-0.25, -0.2) is 0 Å². The smallest absolute Gasteiger partial charge is 0.119 e. The van der Waals surface area contributed by atoms with Crippen molar-refractivity contribution in [2.75, 3.05) is 38.7 Å². The predicted molar refractivity (Wildman–Crippen MR) is 142 cm³/mol. The molecule has 3 fully saturated rings. The molecule has 2 aromatic carbocycles. The summed E-state index contributed by atoms with van der Waals surface area (Å²) in [5.74, 6) is 1.47. The van der Waals surface area contributed by atoms with Crippen molar-refractivity contribution in [3.63, 3.8) is 0 Å².